The lowest BCUT2D eigenvalue weighted by Gasteiger charge is -2.27. The van der Waals surface area contributed by atoms with Gasteiger partial charge in [-0.15, -0.1) is 11.3 Å². The van der Waals surface area contributed by atoms with Crippen molar-refractivity contribution in [3.8, 4) is 22.3 Å². The molecule has 0 N–H and O–H groups in total. The minimum absolute atomic E-state index is 1.03. The molecule has 8 aromatic carbocycles. The molecule has 0 amide bonds. The number of hydrogen-bond acceptors (Lipinski definition) is 2. The van der Waals surface area contributed by atoms with Crippen LogP contribution in [0.25, 0.3) is 80.5 Å². The molecular formula is C52H38N2S. The van der Waals surface area contributed by atoms with Crippen LogP contribution in [-0.2, 0) is 6.42 Å². The average molecular weight is 723 g/mol. The number of benzene rings is 8. The number of nitrogens with zero attached hydrogens (tertiary/aromatic N) is 2. The van der Waals surface area contributed by atoms with Crippen LogP contribution >= 0.6 is 11.3 Å². The zero-order valence-electron chi connectivity index (χ0n) is 30.9. The second-order valence-electron chi connectivity index (χ2n) is 14.8. The monoisotopic (exact) mass is 722 g/mol. The molecule has 55 heavy (non-hydrogen) atoms. The van der Waals surface area contributed by atoms with Gasteiger partial charge < -0.3 is 9.30 Å². The molecule has 0 saturated carbocycles. The summed E-state index contributed by atoms with van der Waals surface area (Å²) in [6, 6.07) is 63.2. The third-order valence-corrected chi connectivity index (χ3v) is 12.8. The minimum atomic E-state index is 1.03. The normalized spacial score (nSPS) is 12.0. The maximum atomic E-state index is 2.51. The van der Waals surface area contributed by atoms with Gasteiger partial charge in [0, 0.05) is 53.1 Å². The van der Waals surface area contributed by atoms with Crippen molar-refractivity contribution in [1.29, 1.82) is 0 Å². The average Bonchev–Trinajstić information content (AvgIpc) is 3.89. The Kier molecular flexibility index (Phi) is 7.33. The predicted molar refractivity (Wildman–Crippen MR) is 238 cm³/mol. The van der Waals surface area contributed by atoms with E-state index in [0.29, 0.717) is 0 Å². The van der Waals surface area contributed by atoms with E-state index in [1.54, 1.807) is 0 Å². The zero-order chi connectivity index (χ0) is 36.6. The Bertz CT molecular complexity index is 3240. The van der Waals surface area contributed by atoms with Gasteiger partial charge in [-0.1, -0.05) is 135 Å². The summed E-state index contributed by atoms with van der Waals surface area (Å²) < 4.78 is 5.14. The molecule has 262 valence electrons. The summed E-state index contributed by atoms with van der Waals surface area (Å²) in [7, 11) is 0. The van der Waals surface area contributed by atoms with Crippen LogP contribution in [-0.4, -0.2) is 4.40 Å². The molecule has 11 rings (SSSR count). The van der Waals surface area contributed by atoms with Gasteiger partial charge in [-0.3, -0.25) is 0 Å². The molecule has 0 saturated heterocycles. The fourth-order valence-corrected chi connectivity index (χ4v) is 10.3. The molecule has 0 radical (unpaired) electrons. The van der Waals surface area contributed by atoms with Crippen LogP contribution in [0.3, 0.4) is 0 Å². The van der Waals surface area contributed by atoms with Crippen LogP contribution < -0.4 is 4.90 Å². The SMILES string of the molecule is CCCc1c(-c2ccc(N(c3ccc4sc5ccccc5c4c3)c3cccc4c5cccc6c7ccccc7n(c34)c65)cc2)cccc1-c1ccccc1C. The van der Waals surface area contributed by atoms with E-state index in [9.17, 15) is 0 Å². The second kappa shape index (κ2) is 12.6. The van der Waals surface area contributed by atoms with Crippen molar-refractivity contribution in [2.24, 2.45) is 0 Å². The van der Waals surface area contributed by atoms with Gasteiger partial charge in [-0.25, -0.2) is 0 Å². The van der Waals surface area contributed by atoms with Crippen LogP contribution in [0.1, 0.15) is 24.5 Å². The molecule has 0 aliphatic carbocycles. The molecule has 0 aliphatic heterocycles. The highest BCUT2D eigenvalue weighted by molar-refractivity contribution is 7.25. The molecule has 0 bridgehead atoms. The molecule has 3 aromatic heterocycles. The largest absolute Gasteiger partial charge is 0.308 e. The maximum absolute atomic E-state index is 2.51. The number of anilines is 3. The quantitative estimate of drug-likeness (QED) is 0.159. The predicted octanol–water partition coefficient (Wildman–Crippen LogP) is 15.3. The molecule has 0 unspecified atom stereocenters. The number of fused-ring (bicyclic) bond motifs is 9. The van der Waals surface area contributed by atoms with Gasteiger partial charge in [0.15, 0.2) is 0 Å². The summed E-state index contributed by atoms with van der Waals surface area (Å²) in [5, 5.41) is 7.75. The molecular weight excluding hydrogens is 685 g/mol. The Balaban J connectivity index is 1.15. The van der Waals surface area contributed by atoms with Gasteiger partial charge in [0.1, 0.15) is 0 Å². The summed E-state index contributed by atoms with van der Waals surface area (Å²) in [6.07, 6.45) is 2.11. The van der Waals surface area contributed by atoms with Gasteiger partial charge in [0.2, 0.25) is 0 Å². The highest BCUT2D eigenvalue weighted by Crippen LogP contribution is 2.47. The molecule has 0 aliphatic rings. The standard InChI is InChI=1S/C52H38N2S/c1-3-13-39-38(18-10-19-40(39)37-15-5-4-14-33(37)2)34-26-28-35(29-27-34)53(36-30-31-50-46(32-36)42-17-7-9-25-49(42)55-50)48-24-12-22-45-44-21-11-20-43-41-16-6-8-23-47(41)54(51(43)44)52(45)48/h4-12,14-32H,3,13H2,1-2H3. The lowest BCUT2D eigenvalue weighted by Crippen LogP contribution is -2.11. The summed E-state index contributed by atoms with van der Waals surface area (Å²) in [5.74, 6) is 0. The smallest absolute Gasteiger partial charge is 0.0782 e. The van der Waals surface area contributed by atoms with Crippen molar-refractivity contribution in [2.45, 2.75) is 26.7 Å². The lowest BCUT2D eigenvalue weighted by atomic mass is 9.88. The van der Waals surface area contributed by atoms with Gasteiger partial charge >= 0.3 is 0 Å². The van der Waals surface area contributed by atoms with E-state index < -0.39 is 0 Å². The lowest BCUT2D eigenvalue weighted by molar-refractivity contribution is 0.925. The van der Waals surface area contributed by atoms with Crippen LogP contribution in [0.2, 0.25) is 0 Å². The first-order valence-corrected chi connectivity index (χ1v) is 20.2. The Morgan fingerprint density at radius 2 is 1.11 bits per heavy atom. The zero-order valence-corrected chi connectivity index (χ0v) is 31.7. The van der Waals surface area contributed by atoms with E-state index in [4.69, 9.17) is 0 Å². The van der Waals surface area contributed by atoms with Crippen molar-refractivity contribution in [1.82, 2.24) is 4.40 Å². The first-order valence-electron chi connectivity index (χ1n) is 19.3. The Hall–Kier alpha value is -6.42. The Morgan fingerprint density at radius 3 is 1.95 bits per heavy atom. The van der Waals surface area contributed by atoms with Crippen molar-refractivity contribution in [3.05, 3.63) is 181 Å². The Morgan fingerprint density at radius 1 is 0.491 bits per heavy atom. The first kappa shape index (κ1) is 32.0. The van der Waals surface area contributed by atoms with Crippen molar-refractivity contribution >= 4 is 86.7 Å². The van der Waals surface area contributed by atoms with Gasteiger partial charge in [0.25, 0.3) is 0 Å². The maximum Gasteiger partial charge on any atom is 0.0782 e. The summed E-state index contributed by atoms with van der Waals surface area (Å²) in [6.45, 7) is 4.50. The van der Waals surface area contributed by atoms with E-state index in [2.05, 4.69) is 193 Å². The first-order chi connectivity index (χ1) is 27.2. The number of aromatic nitrogens is 1. The number of para-hydroxylation sites is 3. The number of hydrogen-bond donors (Lipinski definition) is 0. The van der Waals surface area contributed by atoms with Crippen LogP contribution in [0, 0.1) is 6.92 Å². The molecule has 3 heterocycles. The molecule has 2 nitrogen and oxygen atoms in total. The highest BCUT2D eigenvalue weighted by atomic mass is 32.1. The van der Waals surface area contributed by atoms with E-state index in [1.165, 1.54) is 91.6 Å². The van der Waals surface area contributed by atoms with E-state index in [0.717, 1.165) is 29.9 Å². The summed E-state index contributed by atoms with van der Waals surface area (Å²) in [5.41, 5.74) is 15.1. The fraction of sp³-hybridized carbons (Fsp3) is 0.0769. The summed E-state index contributed by atoms with van der Waals surface area (Å²) >= 11 is 1.87. The third kappa shape index (κ3) is 4.86. The number of rotatable bonds is 7. The molecule has 0 fully saturated rings. The van der Waals surface area contributed by atoms with Crippen molar-refractivity contribution < 1.29 is 0 Å². The van der Waals surface area contributed by atoms with E-state index >= 15 is 0 Å². The van der Waals surface area contributed by atoms with Gasteiger partial charge in [-0.2, -0.15) is 0 Å². The molecule has 3 heteroatoms. The molecule has 0 spiro atoms. The van der Waals surface area contributed by atoms with Gasteiger partial charge in [-0.05, 0) is 95.3 Å². The van der Waals surface area contributed by atoms with Crippen molar-refractivity contribution in [3.63, 3.8) is 0 Å². The van der Waals surface area contributed by atoms with Crippen LogP contribution in [0.4, 0.5) is 17.1 Å². The Labute approximate surface area is 324 Å². The van der Waals surface area contributed by atoms with Crippen molar-refractivity contribution in [2.75, 3.05) is 4.90 Å². The van der Waals surface area contributed by atoms with Crippen LogP contribution in [0.5, 0.6) is 0 Å². The van der Waals surface area contributed by atoms with E-state index in [-0.39, 0.29) is 0 Å². The molecule has 11 aromatic rings. The summed E-state index contributed by atoms with van der Waals surface area (Å²) in [4.78, 5) is 2.48. The highest BCUT2D eigenvalue weighted by Gasteiger charge is 2.24. The second-order valence-corrected chi connectivity index (χ2v) is 15.9. The minimum Gasteiger partial charge on any atom is -0.308 e. The van der Waals surface area contributed by atoms with E-state index in [1.807, 2.05) is 11.3 Å². The van der Waals surface area contributed by atoms with Gasteiger partial charge in [0.05, 0.1) is 22.2 Å². The molecule has 0 atom stereocenters. The fourth-order valence-electron chi connectivity index (χ4n) is 9.21. The number of thiophene rings is 1. The van der Waals surface area contributed by atoms with Crippen LogP contribution in [0.15, 0.2) is 170 Å². The topological polar surface area (TPSA) is 7.65 Å². The third-order valence-electron chi connectivity index (χ3n) is 11.6. The number of aryl methyl sites for hydroxylation is 1.